The number of thiazole rings is 1. The molecule has 2 rings (SSSR count). The maximum atomic E-state index is 11.9. The SMILES string of the molecule is N#Cc1ccc(S(=O)(=O)NCCc2cscn2)s1. The molecule has 0 saturated heterocycles. The maximum Gasteiger partial charge on any atom is 0.250 e. The molecule has 0 aliphatic heterocycles. The Morgan fingerprint density at radius 2 is 2.28 bits per heavy atom. The van der Waals surface area contributed by atoms with Crippen LogP contribution in [-0.2, 0) is 16.4 Å². The van der Waals surface area contributed by atoms with E-state index in [1.165, 1.54) is 23.5 Å². The van der Waals surface area contributed by atoms with Crippen molar-refractivity contribution in [2.75, 3.05) is 6.54 Å². The van der Waals surface area contributed by atoms with Gasteiger partial charge < -0.3 is 0 Å². The van der Waals surface area contributed by atoms with Crippen LogP contribution in [0.25, 0.3) is 0 Å². The maximum absolute atomic E-state index is 11.9. The van der Waals surface area contributed by atoms with Gasteiger partial charge in [0.15, 0.2) is 0 Å². The highest BCUT2D eigenvalue weighted by Crippen LogP contribution is 2.20. The molecule has 2 aromatic heterocycles. The summed E-state index contributed by atoms with van der Waals surface area (Å²) in [6.07, 6.45) is 0.555. The molecular weight excluding hydrogens is 290 g/mol. The van der Waals surface area contributed by atoms with Crippen LogP contribution in [0.1, 0.15) is 10.6 Å². The molecular formula is C10H9N3O2S3. The lowest BCUT2D eigenvalue weighted by Crippen LogP contribution is -2.25. The van der Waals surface area contributed by atoms with Crippen LogP contribution < -0.4 is 4.72 Å². The number of nitriles is 1. The van der Waals surface area contributed by atoms with Crippen molar-refractivity contribution in [2.24, 2.45) is 0 Å². The van der Waals surface area contributed by atoms with Gasteiger partial charge in [0.25, 0.3) is 0 Å². The Morgan fingerprint density at radius 1 is 1.44 bits per heavy atom. The molecule has 0 spiro atoms. The van der Waals surface area contributed by atoms with Gasteiger partial charge in [-0.1, -0.05) is 0 Å². The molecule has 0 aromatic carbocycles. The summed E-state index contributed by atoms with van der Waals surface area (Å²) in [5.74, 6) is 0. The Kier molecular flexibility index (Phi) is 4.08. The fraction of sp³-hybridized carbons (Fsp3) is 0.200. The van der Waals surface area contributed by atoms with Crippen molar-refractivity contribution < 1.29 is 8.42 Å². The monoisotopic (exact) mass is 299 g/mol. The van der Waals surface area contributed by atoms with Crippen LogP contribution in [0.15, 0.2) is 27.2 Å². The van der Waals surface area contributed by atoms with Crippen molar-refractivity contribution >= 4 is 32.7 Å². The minimum Gasteiger partial charge on any atom is -0.250 e. The van der Waals surface area contributed by atoms with Crippen molar-refractivity contribution in [1.29, 1.82) is 5.26 Å². The third kappa shape index (κ3) is 3.14. The van der Waals surface area contributed by atoms with E-state index in [9.17, 15) is 8.42 Å². The van der Waals surface area contributed by atoms with E-state index in [4.69, 9.17) is 5.26 Å². The van der Waals surface area contributed by atoms with E-state index < -0.39 is 10.0 Å². The molecule has 0 fully saturated rings. The second-order valence-electron chi connectivity index (χ2n) is 3.36. The van der Waals surface area contributed by atoms with Crippen molar-refractivity contribution in [3.63, 3.8) is 0 Å². The van der Waals surface area contributed by atoms with Gasteiger partial charge in [0.05, 0.1) is 11.2 Å². The fourth-order valence-electron chi connectivity index (χ4n) is 1.27. The zero-order valence-corrected chi connectivity index (χ0v) is 11.6. The lowest BCUT2D eigenvalue weighted by molar-refractivity contribution is 0.583. The Hall–Kier alpha value is -1.27. The summed E-state index contributed by atoms with van der Waals surface area (Å²) in [5.41, 5.74) is 2.58. The van der Waals surface area contributed by atoms with Gasteiger partial charge in [0.2, 0.25) is 10.0 Å². The first-order valence-corrected chi connectivity index (χ1v) is 8.23. The first-order chi connectivity index (χ1) is 8.62. The summed E-state index contributed by atoms with van der Waals surface area (Å²) in [4.78, 5) is 4.45. The molecule has 0 saturated carbocycles. The Labute approximate surface area is 113 Å². The van der Waals surface area contributed by atoms with Gasteiger partial charge in [-0.05, 0) is 12.1 Å². The van der Waals surface area contributed by atoms with Crippen LogP contribution in [0.4, 0.5) is 0 Å². The second kappa shape index (κ2) is 5.58. The predicted molar refractivity (Wildman–Crippen MR) is 70.0 cm³/mol. The van der Waals surface area contributed by atoms with Gasteiger partial charge in [-0.15, -0.1) is 22.7 Å². The van der Waals surface area contributed by atoms with Crippen molar-refractivity contribution in [1.82, 2.24) is 9.71 Å². The Balaban J connectivity index is 1.97. The number of nitrogens with one attached hydrogen (secondary N) is 1. The quantitative estimate of drug-likeness (QED) is 0.909. The standard InChI is InChI=1S/C10H9N3O2S3/c11-5-9-1-2-10(17-9)18(14,15)13-4-3-8-6-16-7-12-8/h1-2,6-7,13H,3-4H2. The third-order valence-corrected chi connectivity index (χ3v) is 5.69. The molecule has 5 nitrogen and oxygen atoms in total. The molecule has 0 unspecified atom stereocenters. The van der Waals surface area contributed by atoms with E-state index >= 15 is 0 Å². The average Bonchev–Trinajstić information content (AvgIpc) is 2.99. The van der Waals surface area contributed by atoms with Gasteiger partial charge in [-0.2, -0.15) is 5.26 Å². The molecule has 0 bridgehead atoms. The Morgan fingerprint density at radius 3 is 2.89 bits per heavy atom. The molecule has 0 radical (unpaired) electrons. The van der Waals surface area contributed by atoms with Gasteiger partial charge in [0, 0.05) is 18.3 Å². The highest BCUT2D eigenvalue weighted by molar-refractivity contribution is 7.91. The molecule has 0 atom stereocenters. The molecule has 2 heterocycles. The van der Waals surface area contributed by atoms with E-state index in [2.05, 4.69) is 9.71 Å². The minimum atomic E-state index is -3.51. The van der Waals surface area contributed by atoms with Crippen LogP contribution in [0.2, 0.25) is 0 Å². The van der Waals surface area contributed by atoms with Crippen LogP contribution >= 0.6 is 22.7 Å². The summed E-state index contributed by atoms with van der Waals surface area (Å²) in [6.45, 7) is 0.297. The van der Waals surface area contributed by atoms with Gasteiger partial charge in [0.1, 0.15) is 15.2 Å². The van der Waals surface area contributed by atoms with Crippen LogP contribution in [0.3, 0.4) is 0 Å². The summed E-state index contributed by atoms with van der Waals surface area (Å²) in [6, 6.07) is 4.85. The number of rotatable bonds is 5. The lowest BCUT2D eigenvalue weighted by Gasteiger charge is -2.02. The molecule has 18 heavy (non-hydrogen) atoms. The normalized spacial score (nSPS) is 11.3. The molecule has 1 N–H and O–H groups in total. The first-order valence-electron chi connectivity index (χ1n) is 4.98. The number of hydrogen-bond donors (Lipinski definition) is 1. The topological polar surface area (TPSA) is 82.8 Å². The summed E-state index contributed by atoms with van der Waals surface area (Å²) < 4.78 is 26.4. The summed E-state index contributed by atoms with van der Waals surface area (Å²) >= 11 is 2.44. The highest BCUT2D eigenvalue weighted by atomic mass is 32.2. The molecule has 8 heteroatoms. The number of aromatic nitrogens is 1. The third-order valence-electron chi connectivity index (χ3n) is 2.11. The zero-order valence-electron chi connectivity index (χ0n) is 9.16. The van der Waals surface area contributed by atoms with E-state index in [1.807, 2.05) is 11.4 Å². The fourth-order valence-corrected chi connectivity index (χ4v) is 4.04. The molecule has 0 amide bonds. The molecule has 94 valence electrons. The largest absolute Gasteiger partial charge is 0.250 e. The highest BCUT2D eigenvalue weighted by Gasteiger charge is 2.16. The number of nitrogens with zero attached hydrogens (tertiary/aromatic N) is 2. The van der Waals surface area contributed by atoms with Crippen LogP contribution in [0.5, 0.6) is 0 Å². The van der Waals surface area contributed by atoms with Gasteiger partial charge in [-0.3, -0.25) is 0 Å². The van der Waals surface area contributed by atoms with Crippen molar-refractivity contribution in [3.8, 4) is 6.07 Å². The summed E-state index contributed by atoms with van der Waals surface area (Å²) in [7, 11) is -3.51. The van der Waals surface area contributed by atoms with Crippen molar-refractivity contribution in [2.45, 2.75) is 10.6 Å². The Bertz CT molecular complexity index is 653. The lowest BCUT2D eigenvalue weighted by atomic mass is 10.3. The van der Waals surface area contributed by atoms with Gasteiger partial charge >= 0.3 is 0 Å². The number of sulfonamides is 1. The van der Waals surface area contributed by atoms with Crippen molar-refractivity contribution in [3.05, 3.63) is 33.6 Å². The first kappa shape index (κ1) is 13.2. The van der Waals surface area contributed by atoms with E-state index in [-0.39, 0.29) is 4.21 Å². The second-order valence-corrected chi connectivity index (χ2v) is 7.15. The number of hydrogen-bond acceptors (Lipinski definition) is 6. The smallest absolute Gasteiger partial charge is 0.250 e. The van der Waals surface area contributed by atoms with Crippen LogP contribution in [-0.4, -0.2) is 19.9 Å². The molecule has 0 aliphatic rings. The zero-order chi connectivity index (χ0) is 13.0. The van der Waals surface area contributed by atoms with E-state index in [0.717, 1.165) is 17.0 Å². The number of thiophene rings is 1. The van der Waals surface area contributed by atoms with Crippen LogP contribution in [0, 0.1) is 11.3 Å². The van der Waals surface area contributed by atoms with E-state index in [0.29, 0.717) is 17.8 Å². The minimum absolute atomic E-state index is 0.164. The molecule has 2 aromatic rings. The average molecular weight is 299 g/mol. The summed E-state index contributed by atoms with van der Waals surface area (Å²) in [5, 5.41) is 10.5. The van der Waals surface area contributed by atoms with Gasteiger partial charge in [-0.25, -0.2) is 18.1 Å². The van der Waals surface area contributed by atoms with E-state index in [1.54, 1.807) is 5.51 Å². The molecule has 0 aliphatic carbocycles. The predicted octanol–water partition coefficient (Wildman–Crippen LogP) is 1.60.